The fourth-order valence-corrected chi connectivity index (χ4v) is 3.73. The van der Waals surface area contributed by atoms with E-state index in [1.54, 1.807) is 0 Å². The second-order valence-electron chi connectivity index (χ2n) is 4.73. The summed E-state index contributed by atoms with van der Waals surface area (Å²) in [7, 11) is 0. The molecule has 0 unspecified atom stereocenters. The largest absolute Gasteiger partial charge is 0.456 e. The zero-order chi connectivity index (χ0) is 11.1. The smallest absolute Gasteiger partial charge is 0.338 e. The molecule has 2 rings (SSSR count). The molecule has 0 radical (unpaired) electrons. The van der Waals surface area contributed by atoms with Gasteiger partial charge in [-0.2, -0.15) is 0 Å². The molecule has 1 aliphatic carbocycles. The Morgan fingerprint density at radius 1 is 1.60 bits per heavy atom. The Labute approximate surface area is 104 Å². The van der Waals surface area contributed by atoms with E-state index in [-0.39, 0.29) is 5.60 Å². The highest BCUT2D eigenvalue weighted by Crippen LogP contribution is 2.47. The lowest BCUT2D eigenvalue weighted by molar-refractivity contribution is -0.160. The van der Waals surface area contributed by atoms with Crippen LogP contribution in [0.5, 0.6) is 0 Å². The zero-order valence-corrected chi connectivity index (χ0v) is 11.1. The predicted molar refractivity (Wildman–Crippen MR) is 65.0 cm³/mol. The normalized spacial score (nSPS) is 45.8. The van der Waals surface area contributed by atoms with E-state index in [2.05, 4.69) is 22.6 Å². The molecule has 3 atom stereocenters. The predicted octanol–water partition coefficient (Wildman–Crippen LogP) is 2.19. The van der Waals surface area contributed by atoms with Crippen molar-refractivity contribution in [2.45, 2.75) is 60.6 Å². The van der Waals surface area contributed by atoms with Gasteiger partial charge in [-0.25, -0.2) is 4.79 Å². The third kappa shape index (κ3) is 1.79. The quantitative estimate of drug-likeness (QED) is 0.457. The van der Waals surface area contributed by atoms with Crippen molar-refractivity contribution in [2.75, 3.05) is 0 Å². The molecule has 1 heterocycles. The SMILES string of the molecule is CC[C@@]1(O)C[C@@]2(CCCC[C@@H]2I)OC1=O. The van der Waals surface area contributed by atoms with Gasteiger partial charge in [0.15, 0.2) is 5.60 Å². The molecule has 1 saturated carbocycles. The zero-order valence-electron chi connectivity index (χ0n) is 8.96. The molecule has 3 nitrogen and oxygen atoms in total. The fourth-order valence-electron chi connectivity index (χ4n) is 2.63. The van der Waals surface area contributed by atoms with Gasteiger partial charge in [0.05, 0.1) is 3.92 Å². The molecule has 1 aliphatic heterocycles. The van der Waals surface area contributed by atoms with Crippen molar-refractivity contribution in [1.82, 2.24) is 0 Å². The standard InChI is InChI=1S/C11H17IO3/c1-2-10(14)7-11(15-9(10)13)6-4-3-5-8(11)12/h8,14H,2-7H2,1H3/t8-,10+,11+/m0/s1. The summed E-state index contributed by atoms with van der Waals surface area (Å²) in [5.74, 6) is -0.409. The Balaban J connectivity index is 2.22. The molecule has 0 aromatic heterocycles. The first kappa shape index (κ1) is 11.6. The number of rotatable bonds is 1. The average molecular weight is 324 g/mol. The second-order valence-corrected chi connectivity index (χ2v) is 6.23. The summed E-state index contributed by atoms with van der Waals surface area (Å²) in [6.07, 6.45) is 5.26. The Hall–Kier alpha value is 0.160. The molecule has 1 spiro atoms. The van der Waals surface area contributed by atoms with Gasteiger partial charge in [0.1, 0.15) is 5.60 Å². The van der Waals surface area contributed by atoms with Crippen LogP contribution in [-0.2, 0) is 9.53 Å². The Morgan fingerprint density at radius 3 is 2.87 bits per heavy atom. The molecule has 1 saturated heterocycles. The van der Waals surface area contributed by atoms with Gasteiger partial charge >= 0.3 is 5.97 Å². The van der Waals surface area contributed by atoms with Crippen molar-refractivity contribution >= 4 is 28.6 Å². The number of esters is 1. The van der Waals surface area contributed by atoms with Crippen molar-refractivity contribution in [1.29, 1.82) is 0 Å². The van der Waals surface area contributed by atoms with Gasteiger partial charge in [0.2, 0.25) is 0 Å². The van der Waals surface area contributed by atoms with Crippen LogP contribution < -0.4 is 0 Å². The number of aliphatic hydroxyl groups is 1. The van der Waals surface area contributed by atoms with E-state index in [4.69, 9.17) is 4.74 Å². The minimum atomic E-state index is -1.22. The van der Waals surface area contributed by atoms with E-state index in [9.17, 15) is 9.90 Å². The molecule has 4 heteroatoms. The van der Waals surface area contributed by atoms with Gasteiger partial charge in [-0.05, 0) is 25.7 Å². The van der Waals surface area contributed by atoms with Gasteiger partial charge in [0, 0.05) is 6.42 Å². The Bertz CT molecular complexity index is 281. The van der Waals surface area contributed by atoms with Crippen molar-refractivity contribution < 1.29 is 14.6 Å². The number of hydrogen-bond acceptors (Lipinski definition) is 3. The van der Waals surface area contributed by atoms with Gasteiger partial charge in [0.25, 0.3) is 0 Å². The molecule has 0 aromatic carbocycles. The summed E-state index contributed by atoms with van der Waals surface area (Å²) in [4.78, 5) is 11.7. The summed E-state index contributed by atoms with van der Waals surface area (Å²) >= 11 is 2.37. The van der Waals surface area contributed by atoms with Crippen LogP contribution in [0.1, 0.15) is 45.4 Å². The van der Waals surface area contributed by atoms with E-state index >= 15 is 0 Å². The maximum atomic E-state index is 11.7. The number of carbonyl (C=O) groups is 1. The number of ether oxygens (including phenoxy) is 1. The lowest BCUT2D eigenvalue weighted by Crippen LogP contribution is -2.42. The van der Waals surface area contributed by atoms with Gasteiger partial charge in [-0.15, -0.1) is 0 Å². The van der Waals surface area contributed by atoms with E-state index in [1.807, 2.05) is 6.92 Å². The highest BCUT2D eigenvalue weighted by molar-refractivity contribution is 14.1. The maximum Gasteiger partial charge on any atom is 0.338 e. The van der Waals surface area contributed by atoms with Crippen molar-refractivity contribution in [3.05, 3.63) is 0 Å². The monoisotopic (exact) mass is 324 g/mol. The van der Waals surface area contributed by atoms with Gasteiger partial charge in [-0.1, -0.05) is 35.9 Å². The molecule has 0 amide bonds. The first-order valence-electron chi connectivity index (χ1n) is 5.62. The van der Waals surface area contributed by atoms with Crippen molar-refractivity contribution in [2.24, 2.45) is 0 Å². The van der Waals surface area contributed by atoms with Crippen LogP contribution in [0, 0.1) is 0 Å². The average Bonchev–Trinajstić information content (AvgIpc) is 2.46. The topological polar surface area (TPSA) is 46.5 Å². The van der Waals surface area contributed by atoms with E-state index in [0.29, 0.717) is 16.8 Å². The molecule has 0 bridgehead atoms. The molecule has 1 N–H and O–H groups in total. The first-order valence-corrected chi connectivity index (χ1v) is 6.87. The van der Waals surface area contributed by atoms with Crippen LogP contribution in [0.4, 0.5) is 0 Å². The minimum absolute atomic E-state index is 0.355. The van der Waals surface area contributed by atoms with Crippen LogP contribution in [0.15, 0.2) is 0 Å². The fraction of sp³-hybridized carbons (Fsp3) is 0.909. The Morgan fingerprint density at radius 2 is 2.33 bits per heavy atom. The molecular formula is C11H17IO3. The van der Waals surface area contributed by atoms with Gasteiger partial charge < -0.3 is 9.84 Å². The van der Waals surface area contributed by atoms with Crippen LogP contribution in [0.3, 0.4) is 0 Å². The molecule has 2 fully saturated rings. The maximum absolute atomic E-state index is 11.7. The van der Waals surface area contributed by atoms with Crippen LogP contribution in [0.2, 0.25) is 0 Å². The lowest BCUT2D eigenvalue weighted by atomic mass is 9.78. The van der Waals surface area contributed by atoms with Crippen LogP contribution >= 0.6 is 22.6 Å². The number of carbonyl (C=O) groups excluding carboxylic acids is 1. The van der Waals surface area contributed by atoms with E-state index in [1.165, 1.54) is 6.42 Å². The molecule has 0 aromatic rings. The minimum Gasteiger partial charge on any atom is -0.456 e. The third-order valence-corrected chi connectivity index (χ3v) is 5.49. The highest BCUT2D eigenvalue weighted by Gasteiger charge is 2.58. The first-order chi connectivity index (χ1) is 7.02. The van der Waals surface area contributed by atoms with Crippen molar-refractivity contribution in [3.8, 4) is 0 Å². The number of halogens is 1. The summed E-state index contributed by atoms with van der Waals surface area (Å²) < 4.78 is 5.87. The van der Waals surface area contributed by atoms with E-state index < -0.39 is 11.6 Å². The number of alkyl halides is 1. The molecule has 2 aliphatic rings. The van der Waals surface area contributed by atoms with Crippen molar-refractivity contribution in [3.63, 3.8) is 0 Å². The van der Waals surface area contributed by atoms with Crippen LogP contribution in [-0.4, -0.2) is 26.2 Å². The Kier molecular flexibility index (Phi) is 3.01. The highest BCUT2D eigenvalue weighted by atomic mass is 127. The molecular weight excluding hydrogens is 307 g/mol. The van der Waals surface area contributed by atoms with Crippen LogP contribution in [0.25, 0.3) is 0 Å². The van der Waals surface area contributed by atoms with E-state index in [0.717, 1.165) is 19.3 Å². The number of hydrogen-bond donors (Lipinski definition) is 1. The second kappa shape index (κ2) is 3.87. The molecule has 86 valence electrons. The third-order valence-electron chi connectivity index (χ3n) is 3.73. The lowest BCUT2D eigenvalue weighted by Gasteiger charge is -2.36. The molecule has 15 heavy (non-hydrogen) atoms. The summed E-state index contributed by atoms with van der Waals surface area (Å²) in [5.41, 5.74) is -1.60. The summed E-state index contributed by atoms with van der Waals surface area (Å²) in [6.45, 7) is 1.84. The van der Waals surface area contributed by atoms with Gasteiger partial charge in [-0.3, -0.25) is 0 Å². The summed E-state index contributed by atoms with van der Waals surface area (Å²) in [6, 6.07) is 0. The summed E-state index contributed by atoms with van der Waals surface area (Å²) in [5, 5.41) is 10.1.